The van der Waals surface area contributed by atoms with Gasteiger partial charge in [0.2, 0.25) is 0 Å². The standard InChI is InChI=1S/C12H23N3/c1-5-11-9-12(15(4)14-11)8-7-10(3)13-6-2/h9-10,13H,5-8H2,1-4H3. The first kappa shape index (κ1) is 12.2. The van der Waals surface area contributed by atoms with Crippen molar-refractivity contribution in [1.82, 2.24) is 15.1 Å². The summed E-state index contributed by atoms with van der Waals surface area (Å²) in [5.41, 5.74) is 2.54. The van der Waals surface area contributed by atoms with Crippen molar-refractivity contribution in [2.45, 2.75) is 46.1 Å². The predicted molar refractivity (Wildman–Crippen MR) is 64.0 cm³/mol. The molecule has 0 aliphatic heterocycles. The zero-order valence-electron chi connectivity index (χ0n) is 10.4. The number of rotatable bonds is 6. The zero-order chi connectivity index (χ0) is 11.3. The SMILES string of the molecule is CCNC(C)CCc1cc(CC)nn1C. The second-order valence-electron chi connectivity index (χ2n) is 4.10. The summed E-state index contributed by atoms with van der Waals surface area (Å²) in [6.07, 6.45) is 3.31. The van der Waals surface area contributed by atoms with E-state index in [1.54, 1.807) is 0 Å². The Morgan fingerprint density at radius 3 is 2.73 bits per heavy atom. The van der Waals surface area contributed by atoms with E-state index in [1.807, 2.05) is 11.7 Å². The molecule has 1 unspecified atom stereocenters. The van der Waals surface area contributed by atoms with Crippen molar-refractivity contribution in [1.29, 1.82) is 0 Å². The summed E-state index contributed by atoms with van der Waals surface area (Å²) < 4.78 is 2.01. The third kappa shape index (κ3) is 3.67. The van der Waals surface area contributed by atoms with Crippen LogP contribution in [0, 0.1) is 0 Å². The van der Waals surface area contributed by atoms with E-state index in [0.29, 0.717) is 6.04 Å². The third-order valence-electron chi connectivity index (χ3n) is 2.78. The summed E-state index contributed by atoms with van der Waals surface area (Å²) >= 11 is 0. The molecule has 3 heteroatoms. The molecular formula is C12H23N3. The number of aromatic nitrogens is 2. The van der Waals surface area contributed by atoms with Crippen molar-refractivity contribution < 1.29 is 0 Å². The predicted octanol–water partition coefficient (Wildman–Crippen LogP) is 1.91. The quantitative estimate of drug-likeness (QED) is 0.775. The maximum Gasteiger partial charge on any atom is 0.0624 e. The van der Waals surface area contributed by atoms with Crippen LogP contribution in [0.3, 0.4) is 0 Å². The second-order valence-corrected chi connectivity index (χ2v) is 4.10. The fourth-order valence-corrected chi connectivity index (χ4v) is 1.79. The van der Waals surface area contributed by atoms with E-state index < -0.39 is 0 Å². The fourth-order valence-electron chi connectivity index (χ4n) is 1.79. The molecule has 1 aromatic heterocycles. The van der Waals surface area contributed by atoms with E-state index in [0.717, 1.165) is 19.4 Å². The molecule has 0 saturated carbocycles. The number of nitrogens with one attached hydrogen (secondary N) is 1. The number of hydrogen-bond donors (Lipinski definition) is 1. The van der Waals surface area contributed by atoms with Crippen LogP contribution in [0.1, 0.15) is 38.6 Å². The minimum Gasteiger partial charge on any atom is -0.315 e. The largest absolute Gasteiger partial charge is 0.315 e. The molecule has 0 saturated heterocycles. The van der Waals surface area contributed by atoms with Crippen LogP contribution >= 0.6 is 0 Å². The third-order valence-corrected chi connectivity index (χ3v) is 2.78. The van der Waals surface area contributed by atoms with Crippen LogP contribution in [0.4, 0.5) is 0 Å². The minimum atomic E-state index is 0.593. The Hall–Kier alpha value is -0.830. The van der Waals surface area contributed by atoms with E-state index in [4.69, 9.17) is 0 Å². The fraction of sp³-hybridized carbons (Fsp3) is 0.750. The lowest BCUT2D eigenvalue weighted by molar-refractivity contribution is 0.520. The smallest absolute Gasteiger partial charge is 0.0624 e. The Morgan fingerprint density at radius 2 is 2.20 bits per heavy atom. The molecule has 1 heterocycles. The summed E-state index contributed by atoms with van der Waals surface area (Å²) in [6, 6.07) is 2.81. The molecule has 3 nitrogen and oxygen atoms in total. The molecule has 1 aromatic rings. The molecule has 0 aromatic carbocycles. The molecule has 0 radical (unpaired) electrons. The maximum absolute atomic E-state index is 4.45. The number of aryl methyl sites for hydroxylation is 3. The highest BCUT2D eigenvalue weighted by Gasteiger charge is 2.06. The van der Waals surface area contributed by atoms with Gasteiger partial charge < -0.3 is 5.32 Å². The molecule has 0 fully saturated rings. The lowest BCUT2D eigenvalue weighted by Gasteiger charge is -2.11. The average Bonchev–Trinajstić information content (AvgIpc) is 2.57. The molecule has 0 aliphatic carbocycles. The van der Waals surface area contributed by atoms with Crippen molar-refractivity contribution in [2.24, 2.45) is 7.05 Å². The van der Waals surface area contributed by atoms with Crippen LogP contribution in [0.25, 0.3) is 0 Å². The molecule has 0 amide bonds. The molecule has 1 rings (SSSR count). The number of nitrogens with zero attached hydrogens (tertiary/aromatic N) is 2. The summed E-state index contributed by atoms with van der Waals surface area (Å²) in [7, 11) is 2.03. The van der Waals surface area contributed by atoms with Gasteiger partial charge in [-0.1, -0.05) is 13.8 Å². The van der Waals surface area contributed by atoms with Crippen LogP contribution < -0.4 is 5.32 Å². The van der Waals surface area contributed by atoms with E-state index in [-0.39, 0.29) is 0 Å². The maximum atomic E-state index is 4.45. The van der Waals surface area contributed by atoms with Gasteiger partial charge in [0.05, 0.1) is 5.69 Å². The molecular weight excluding hydrogens is 186 g/mol. The van der Waals surface area contributed by atoms with Crippen molar-refractivity contribution in [2.75, 3.05) is 6.54 Å². The van der Waals surface area contributed by atoms with E-state index in [1.165, 1.54) is 17.8 Å². The van der Waals surface area contributed by atoms with Gasteiger partial charge in [0.15, 0.2) is 0 Å². The highest BCUT2D eigenvalue weighted by Crippen LogP contribution is 2.07. The van der Waals surface area contributed by atoms with Crippen LogP contribution in [0.15, 0.2) is 6.07 Å². The molecule has 0 spiro atoms. The van der Waals surface area contributed by atoms with Gasteiger partial charge in [-0.15, -0.1) is 0 Å². The van der Waals surface area contributed by atoms with Crippen LogP contribution in [-0.4, -0.2) is 22.4 Å². The summed E-state index contributed by atoms with van der Waals surface area (Å²) in [6.45, 7) is 7.58. The van der Waals surface area contributed by atoms with Crippen molar-refractivity contribution in [3.05, 3.63) is 17.5 Å². The molecule has 1 N–H and O–H groups in total. The van der Waals surface area contributed by atoms with Gasteiger partial charge in [-0.3, -0.25) is 4.68 Å². The first-order valence-electron chi connectivity index (χ1n) is 5.92. The molecule has 86 valence electrons. The van der Waals surface area contributed by atoms with Crippen LogP contribution in [-0.2, 0) is 19.9 Å². The van der Waals surface area contributed by atoms with Gasteiger partial charge in [-0.25, -0.2) is 0 Å². The molecule has 0 bridgehead atoms. The van der Waals surface area contributed by atoms with Gasteiger partial charge in [0, 0.05) is 18.8 Å². The first-order chi connectivity index (χ1) is 7.17. The molecule has 1 atom stereocenters. The van der Waals surface area contributed by atoms with Gasteiger partial charge >= 0.3 is 0 Å². The van der Waals surface area contributed by atoms with Crippen molar-refractivity contribution >= 4 is 0 Å². The Bertz CT molecular complexity index is 291. The first-order valence-corrected chi connectivity index (χ1v) is 5.92. The Labute approximate surface area is 92.9 Å². The van der Waals surface area contributed by atoms with E-state index in [9.17, 15) is 0 Å². The lowest BCUT2D eigenvalue weighted by atomic mass is 10.1. The number of hydrogen-bond acceptors (Lipinski definition) is 2. The zero-order valence-corrected chi connectivity index (χ0v) is 10.4. The van der Waals surface area contributed by atoms with Gasteiger partial charge in [0.1, 0.15) is 0 Å². The van der Waals surface area contributed by atoms with Gasteiger partial charge in [0.25, 0.3) is 0 Å². The van der Waals surface area contributed by atoms with Gasteiger partial charge in [-0.2, -0.15) is 5.10 Å². The lowest BCUT2D eigenvalue weighted by Crippen LogP contribution is -2.26. The molecule has 0 aliphatic rings. The highest BCUT2D eigenvalue weighted by molar-refractivity contribution is 5.10. The monoisotopic (exact) mass is 209 g/mol. The van der Waals surface area contributed by atoms with E-state index >= 15 is 0 Å². The summed E-state index contributed by atoms with van der Waals surface area (Å²) in [5, 5.41) is 7.88. The Morgan fingerprint density at radius 1 is 1.47 bits per heavy atom. The average molecular weight is 209 g/mol. The normalized spacial score (nSPS) is 13.1. The summed E-state index contributed by atoms with van der Waals surface area (Å²) in [4.78, 5) is 0. The van der Waals surface area contributed by atoms with E-state index in [2.05, 4.69) is 37.3 Å². The van der Waals surface area contributed by atoms with Gasteiger partial charge in [-0.05, 0) is 38.8 Å². The summed E-state index contributed by atoms with van der Waals surface area (Å²) in [5.74, 6) is 0. The Kier molecular flexibility index (Phi) is 4.82. The highest BCUT2D eigenvalue weighted by atomic mass is 15.3. The van der Waals surface area contributed by atoms with Crippen LogP contribution in [0.5, 0.6) is 0 Å². The van der Waals surface area contributed by atoms with Crippen LogP contribution in [0.2, 0.25) is 0 Å². The molecule has 15 heavy (non-hydrogen) atoms. The second kappa shape index (κ2) is 5.91. The van der Waals surface area contributed by atoms with Crippen molar-refractivity contribution in [3.8, 4) is 0 Å². The topological polar surface area (TPSA) is 29.9 Å². The minimum absolute atomic E-state index is 0.593. The Balaban J connectivity index is 2.46. The van der Waals surface area contributed by atoms with Crippen molar-refractivity contribution in [3.63, 3.8) is 0 Å².